The van der Waals surface area contributed by atoms with E-state index in [1.807, 2.05) is 28.8 Å². The highest BCUT2D eigenvalue weighted by Crippen LogP contribution is 2.12. The molecule has 1 heterocycles. The van der Waals surface area contributed by atoms with Gasteiger partial charge in [0.2, 0.25) is 0 Å². The maximum atomic E-state index is 9.06. The molecule has 0 aliphatic carbocycles. The average molecular weight is 267 g/mol. The first kappa shape index (κ1) is 10.4. The first-order valence-electron chi connectivity index (χ1n) is 4.64. The summed E-state index contributed by atoms with van der Waals surface area (Å²) in [6.45, 7) is 0.764. The van der Waals surface area contributed by atoms with Crippen LogP contribution in [-0.4, -0.2) is 14.7 Å². The van der Waals surface area contributed by atoms with Gasteiger partial charge in [-0.1, -0.05) is 28.1 Å². The first-order chi connectivity index (χ1) is 7.29. The van der Waals surface area contributed by atoms with Gasteiger partial charge in [-0.25, -0.2) is 4.98 Å². The summed E-state index contributed by atoms with van der Waals surface area (Å²) in [5, 5.41) is 9.06. The van der Waals surface area contributed by atoms with Crippen molar-refractivity contribution >= 4 is 15.9 Å². The van der Waals surface area contributed by atoms with Crippen molar-refractivity contribution in [2.45, 2.75) is 13.2 Å². The average Bonchev–Trinajstić information content (AvgIpc) is 2.69. The lowest BCUT2D eigenvalue weighted by molar-refractivity contribution is 0.271. The van der Waals surface area contributed by atoms with Crippen LogP contribution in [0.3, 0.4) is 0 Å². The summed E-state index contributed by atoms with van der Waals surface area (Å²) < 4.78 is 3.00. The molecule has 2 rings (SSSR count). The maximum Gasteiger partial charge on any atom is 0.0952 e. The molecule has 3 nitrogen and oxygen atoms in total. The Morgan fingerprint density at radius 1 is 1.27 bits per heavy atom. The molecule has 78 valence electrons. The molecule has 4 heteroatoms. The Hall–Kier alpha value is -1.13. The minimum absolute atomic E-state index is 0.0243. The zero-order valence-corrected chi connectivity index (χ0v) is 9.68. The minimum atomic E-state index is 0.0243. The van der Waals surface area contributed by atoms with Crippen molar-refractivity contribution in [3.05, 3.63) is 52.5 Å². The molecule has 0 spiro atoms. The largest absolute Gasteiger partial charge is 0.390 e. The Labute approximate surface area is 96.5 Å². The highest BCUT2D eigenvalue weighted by atomic mass is 79.9. The van der Waals surface area contributed by atoms with Gasteiger partial charge in [-0.2, -0.15) is 0 Å². The standard InChI is InChI=1S/C11H11BrN2O/c12-10-3-1-9(2-4-10)6-14-8-13-5-11(14)7-15/h1-5,8,15H,6-7H2. The van der Waals surface area contributed by atoms with Crippen molar-refractivity contribution in [3.8, 4) is 0 Å². The van der Waals surface area contributed by atoms with Crippen LogP contribution < -0.4 is 0 Å². The second kappa shape index (κ2) is 4.59. The topological polar surface area (TPSA) is 38.1 Å². The van der Waals surface area contributed by atoms with Crippen LogP contribution in [0.2, 0.25) is 0 Å². The van der Waals surface area contributed by atoms with Gasteiger partial charge in [-0.15, -0.1) is 0 Å². The first-order valence-corrected chi connectivity index (χ1v) is 5.43. The summed E-state index contributed by atoms with van der Waals surface area (Å²) in [5.74, 6) is 0. The number of halogens is 1. The monoisotopic (exact) mass is 266 g/mol. The van der Waals surface area contributed by atoms with Crippen LogP contribution in [0.25, 0.3) is 0 Å². The third kappa shape index (κ3) is 2.46. The predicted molar refractivity (Wildman–Crippen MR) is 61.4 cm³/mol. The van der Waals surface area contributed by atoms with Crippen LogP contribution in [0, 0.1) is 0 Å². The molecule has 0 amide bonds. The molecular weight excluding hydrogens is 256 g/mol. The van der Waals surface area contributed by atoms with Gasteiger partial charge in [0.25, 0.3) is 0 Å². The molecule has 1 aromatic carbocycles. The van der Waals surface area contributed by atoms with E-state index < -0.39 is 0 Å². The van der Waals surface area contributed by atoms with Crippen LogP contribution in [0.4, 0.5) is 0 Å². The Morgan fingerprint density at radius 2 is 2.00 bits per heavy atom. The minimum Gasteiger partial charge on any atom is -0.390 e. The van der Waals surface area contributed by atoms with Crippen molar-refractivity contribution in [2.24, 2.45) is 0 Å². The van der Waals surface area contributed by atoms with E-state index in [0.717, 1.165) is 16.7 Å². The fourth-order valence-electron chi connectivity index (χ4n) is 1.41. The normalized spacial score (nSPS) is 10.5. The molecule has 0 saturated heterocycles. The maximum absolute atomic E-state index is 9.06. The van der Waals surface area contributed by atoms with E-state index in [-0.39, 0.29) is 6.61 Å². The molecular formula is C11H11BrN2O. The van der Waals surface area contributed by atoms with Crippen LogP contribution >= 0.6 is 15.9 Å². The number of imidazole rings is 1. The second-order valence-corrected chi connectivity index (χ2v) is 4.21. The zero-order valence-electron chi connectivity index (χ0n) is 8.10. The zero-order chi connectivity index (χ0) is 10.7. The van der Waals surface area contributed by atoms with Gasteiger partial charge in [-0.05, 0) is 17.7 Å². The van der Waals surface area contributed by atoms with E-state index >= 15 is 0 Å². The van der Waals surface area contributed by atoms with Gasteiger partial charge in [0.1, 0.15) is 0 Å². The molecule has 0 saturated carbocycles. The molecule has 0 fully saturated rings. The van der Waals surface area contributed by atoms with Crippen molar-refractivity contribution in [3.63, 3.8) is 0 Å². The predicted octanol–water partition coefficient (Wildman–Crippen LogP) is 2.19. The summed E-state index contributed by atoms with van der Waals surface area (Å²) in [5.41, 5.74) is 2.02. The quantitative estimate of drug-likeness (QED) is 0.925. The van der Waals surface area contributed by atoms with Crippen molar-refractivity contribution < 1.29 is 5.11 Å². The third-order valence-corrected chi connectivity index (χ3v) is 2.76. The Morgan fingerprint density at radius 3 is 2.67 bits per heavy atom. The lowest BCUT2D eigenvalue weighted by Gasteiger charge is -2.06. The van der Waals surface area contributed by atoms with Gasteiger partial charge in [0.05, 0.1) is 24.8 Å². The van der Waals surface area contributed by atoms with E-state index in [0.29, 0.717) is 0 Å². The fourth-order valence-corrected chi connectivity index (χ4v) is 1.67. The van der Waals surface area contributed by atoms with Crippen molar-refractivity contribution in [2.75, 3.05) is 0 Å². The number of rotatable bonds is 3. The Balaban J connectivity index is 2.18. The summed E-state index contributed by atoms with van der Waals surface area (Å²) in [6.07, 6.45) is 3.41. The van der Waals surface area contributed by atoms with E-state index in [1.54, 1.807) is 12.5 Å². The summed E-state index contributed by atoms with van der Waals surface area (Å²) in [7, 11) is 0. The van der Waals surface area contributed by atoms with E-state index in [2.05, 4.69) is 20.9 Å². The van der Waals surface area contributed by atoms with E-state index in [1.165, 1.54) is 5.56 Å². The summed E-state index contributed by atoms with van der Waals surface area (Å²) in [6, 6.07) is 8.10. The van der Waals surface area contributed by atoms with Crippen LogP contribution in [0.5, 0.6) is 0 Å². The van der Waals surface area contributed by atoms with Crippen molar-refractivity contribution in [1.82, 2.24) is 9.55 Å². The van der Waals surface area contributed by atoms with Crippen LogP contribution in [0.15, 0.2) is 41.3 Å². The van der Waals surface area contributed by atoms with Gasteiger partial charge < -0.3 is 9.67 Å². The smallest absolute Gasteiger partial charge is 0.0952 e. The van der Waals surface area contributed by atoms with Crippen molar-refractivity contribution in [1.29, 1.82) is 0 Å². The van der Waals surface area contributed by atoms with Crippen LogP contribution in [-0.2, 0) is 13.2 Å². The molecule has 15 heavy (non-hydrogen) atoms. The summed E-state index contributed by atoms with van der Waals surface area (Å²) >= 11 is 3.39. The lowest BCUT2D eigenvalue weighted by atomic mass is 10.2. The molecule has 1 aromatic heterocycles. The molecule has 1 N–H and O–H groups in total. The molecule has 0 aliphatic rings. The Bertz CT molecular complexity index is 436. The molecule has 0 bridgehead atoms. The molecule has 0 aliphatic heterocycles. The van der Waals surface area contributed by atoms with Crippen LogP contribution in [0.1, 0.15) is 11.3 Å². The SMILES string of the molecule is OCc1cncn1Cc1ccc(Br)cc1. The molecule has 0 radical (unpaired) electrons. The summed E-state index contributed by atoms with van der Waals surface area (Å²) in [4.78, 5) is 4.00. The Kier molecular flexibility index (Phi) is 3.18. The van der Waals surface area contributed by atoms with E-state index in [9.17, 15) is 0 Å². The third-order valence-electron chi connectivity index (χ3n) is 2.23. The van der Waals surface area contributed by atoms with Gasteiger partial charge in [0.15, 0.2) is 0 Å². The second-order valence-electron chi connectivity index (χ2n) is 3.30. The van der Waals surface area contributed by atoms with Gasteiger partial charge in [0, 0.05) is 11.0 Å². The van der Waals surface area contributed by atoms with Gasteiger partial charge >= 0.3 is 0 Å². The number of nitrogens with zero attached hydrogens (tertiary/aromatic N) is 2. The lowest BCUT2D eigenvalue weighted by Crippen LogP contribution is -2.02. The highest BCUT2D eigenvalue weighted by molar-refractivity contribution is 9.10. The fraction of sp³-hybridized carbons (Fsp3) is 0.182. The molecule has 0 atom stereocenters. The molecule has 2 aromatic rings. The van der Waals surface area contributed by atoms with Gasteiger partial charge in [-0.3, -0.25) is 0 Å². The number of aromatic nitrogens is 2. The number of hydrogen-bond donors (Lipinski definition) is 1. The number of hydrogen-bond acceptors (Lipinski definition) is 2. The van der Waals surface area contributed by atoms with E-state index in [4.69, 9.17) is 5.11 Å². The number of aliphatic hydroxyl groups excluding tert-OH is 1. The number of benzene rings is 1. The molecule has 0 unspecified atom stereocenters. The number of aliphatic hydroxyl groups is 1. The highest BCUT2D eigenvalue weighted by Gasteiger charge is 2.01.